The lowest BCUT2D eigenvalue weighted by molar-refractivity contribution is 0.360. The number of hydrogen-bond donors (Lipinski definition) is 3. The third-order valence-corrected chi connectivity index (χ3v) is 2.88. The molecule has 0 spiro atoms. The minimum absolute atomic E-state index is 0.0263. The maximum atomic E-state index is 9.10. The molecule has 0 aliphatic heterocycles. The first-order chi connectivity index (χ1) is 4.95. The van der Waals surface area contributed by atoms with Crippen LogP contribution in [0.3, 0.4) is 0 Å². The van der Waals surface area contributed by atoms with E-state index < -0.39 is 8.56 Å². The van der Waals surface area contributed by atoms with E-state index in [2.05, 4.69) is 6.92 Å². The van der Waals surface area contributed by atoms with Crippen molar-refractivity contribution < 1.29 is 9.59 Å². The van der Waals surface area contributed by atoms with Gasteiger partial charge in [0.05, 0.1) is 0 Å². The number of nitrogens with two attached hydrogens (primary N) is 1. The quantitative estimate of drug-likeness (QED) is 0.538. The largest absolute Gasteiger partial charge is 0.411 e. The predicted octanol–water partition coefficient (Wildman–Crippen LogP) is 0.560. The van der Waals surface area contributed by atoms with E-state index in [0.717, 1.165) is 19.3 Å². The van der Waals surface area contributed by atoms with Crippen LogP contribution in [0.4, 0.5) is 0 Å². The first-order valence-electron chi connectivity index (χ1n) is 4.16. The van der Waals surface area contributed by atoms with Gasteiger partial charge in [0.25, 0.3) is 0 Å². The van der Waals surface area contributed by atoms with Crippen molar-refractivity contribution >= 4 is 8.56 Å². The molecule has 0 aromatic heterocycles. The summed E-state index contributed by atoms with van der Waals surface area (Å²) in [7, 11) is -2.90. The summed E-state index contributed by atoms with van der Waals surface area (Å²) in [5.74, 6) is 0. The molecule has 0 fully saturated rings. The Kier molecular flexibility index (Phi) is 4.91. The molecular formula is C7H19NO2Si. The normalized spacial score (nSPS) is 15.0. The standard InChI is InChI=1S/C7H19NO2Si/c1-3-4-5-7(8)6-11(2,9)10/h7,9-10H,3-6,8H2,1-2H3. The van der Waals surface area contributed by atoms with Crippen LogP contribution in [0.1, 0.15) is 26.2 Å². The Bertz CT molecular complexity index is 103. The van der Waals surface area contributed by atoms with Gasteiger partial charge in [-0.05, 0) is 13.0 Å². The molecule has 11 heavy (non-hydrogen) atoms. The van der Waals surface area contributed by atoms with Crippen molar-refractivity contribution in [3.63, 3.8) is 0 Å². The zero-order chi connectivity index (χ0) is 8.91. The summed E-state index contributed by atoms with van der Waals surface area (Å²) >= 11 is 0. The van der Waals surface area contributed by atoms with Gasteiger partial charge < -0.3 is 15.3 Å². The second-order valence-corrected chi connectivity index (χ2v) is 6.17. The summed E-state index contributed by atoms with van der Waals surface area (Å²) in [6.45, 7) is 3.60. The Morgan fingerprint density at radius 2 is 2.00 bits per heavy atom. The lowest BCUT2D eigenvalue weighted by atomic mass is 10.2. The van der Waals surface area contributed by atoms with Crippen molar-refractivity contribution in [2.45, 2.75) is 44.8 Å². The zero-order valence-electron chi connectivity index (χ0n) is 7.38. The smallest absolute Gasteiger partial charge is 0.331 e. The molecule has 0 saturated heterocycles. The number of hydrogen-bond acceptors (Lipinski definition) is 3. The summed E-state index contributed by atoms with van der Waals surface area (Å²) in [5, 5.41) is 0. The van der Waals surface area contributed by atoms with E-state index in [-0.39, 0.29) is 6.04 Å². The van der Waals surface area contributed by atoms with E-state index in [1.165, 1.54) is 6.55 Å². The van der Waals surface area contributed by atoms with Crippen molar-refractivity contribution in [2.24, 2.45) is 5.73 Å². The molecule has 0 radical (unpaired) electrons. The number of unbranched alkanes of at least 4 members (excludes halogenated alkanes) is 1. The van der Waals surface area contributed by atoms with Gasteiger partial charge in [-0.25, -0.2) is 0 Å². The van der Waals surface area contributed by atoms with Crippen LogP contribution in [0, 0.1) is 0 Å². The molecule has 0 aromatic rings. The minimum atomic E-state index is -2.90. The molecule has 68 valence electrons. The molecule has 1 atom stereocenters. The molecule has 0 aliphatic carbocycles. The van der Waals surface area contributed by atoms with Crippen LogP contribution in [-0.2, 0) is 0 Å². The maximum absolute atomic E-state index is 9.10. The van der Waals surface area contributed by atoms with E-state index in [1.54, 1.807) is 0 Å². The summed E-state index contributed by atoms with van der Waals surface area (Å²) in [4.78, 5) is 18.2. The maximum Gasteiger partial charge on any atom is 0.331 e. The summed E-state index contributed by atoms with van der Waals surface area (Å²) < 4.78 is 0. The van der Waals surface area contributed by atoms with Crippen LogP contribution in [0.5, 0.6) is 0 Å². The van der Waals surface area contributed by atoms with Crippen LogP contribution in [0.25, 0.3) is 0 Å². The Balaban J connectivity index is 3.44. The van der Waals surface area contributed by atoms with Gasteiger partial charge in [0.1, 0.15) is 0 Å². The van der Waals surface area contributed by atoms with Gasteiger partial charge in [0.2, 0.25) is 0 Å². The van der Waals surface area contributed by atoms with Gasteiger partial charge in [-0.2, -0.15) is 0 Å². The van der Waals surface area contributed by atoms with Gasteiger partial charge in [0, 0.05) is 12.1 Å². The first-order valence-corrected chi connectivity index (χ1v) is 6.76. The van der Waals surface area contributed by atoms with Gasteiger partial charge in [-0.1, -0.05) is 19.8 Å². The highest BCUT2D eigenvalue weighted by molar-refractivity contribution is 6.63. The summed E-state index contributed by atoms with van der Waals surface area (Å²) in [6, 6.07) is 0.370. The predicted molar refractivity (Wildman–Crippen MR) is 48.4 cm³/mol. The second-order valence-electron chi connectivity index (χ2n) is 3.32. The van der Waals surface area contributed by atoms with E-state index in [4.69, 9.17) is 15.3 Å². The zero-order valence-corrected chi connectivity index (χ0v) is 8.38. The second kappa shape index (κ2) is 4.87. The average molecular weight is 177 g/mol. The fourth-order valence-corrected chi connectivity index (χ4v) is 2.26. The Hall–Kier alpha value is 0.0969. The van der Waals surface area contributed by atoms with Crippen molar-refractivity contribution in [3.05, 3.63) is 0 Å². The molecule has 0 rings (SSSR count). The fraction of sp³-hybridized carbons (Fsp3) is 1.00. The number of rotatable bonds is 5. The molecule has 1 unspecified atom stereocenters. The lowest BCUT2D eigenvalue weighted by Gasteiger charge is -2.17. The van der Waals surface area contributed by atoms with Gasteiger partial charge >= 0.3 is 8.56 Å². The van der Waals surface area contributed by atoms with Crippen LogP contribution in [-0.4, -0.2) is 24.2 Å². The van der Waals surface area contributed by atoms with Crippen molar-refractivity contribution in [1.82, 2.24) is 0 Å². The van der Waals surface area contributed by atoms with Crippen LogP contribution < -0.4 is 5.73 Å². The monoisotopic (exact) mass is 177 g/mol. The van der Waals surface area contributed by atoms with Crippen molar-refractivity contribution in [2.75, 3.05) is 0 Å². The molecule has 0 amide bonds. The van der Waals surface area contributed by atoms with E-state index >= 15 is 0 Å². The Morgan fingerprint density at radius 3 is 2.36 bits per heavy atom. The fourth-order valence-electron chi connectivity index (χ4n) is 1.07. The molecule has 4 heteroatoms. The SMILES string of the molecule is CCCCC(N)C[Si](C)(O)O. The highest BCUT2D eigenvalue weighted by Gasteiger charge is 2.24. The van der Waals surface area contributed by atoms with Crippen molar-refractivity contribution in [1.29, 1.82) is 0 Å². The molecular weight excluding hydrogens is 158 g/mol. The average Bonchev–Trinajstić information content (AvgIpc) is 1.79. The van der Waals surface area contributed by atoms with E-state index in [1.807, 2.05) is 0 Å². The minimum Gasteiger partial charge on any atom is -0.411 e. The van der Waals surface area contributed by atoms with Gasteiger partial charge in [-0.3, -0.25) is 0 Å². The van der Waals surface area contributed by atoms with Crippen LogP contribution in [0.15, 0.2) is 0 Å². The summed E-state index contributed by atoms with van der Waals surface area (Å²) in [6.07, 6.45) is 3.09. The molecule has 0 aliphatic rings. The van der Waals surface area contributed by atoms with E-state index in [0.29, 0.717) is 6.04 Å². The Labute approximate surface area is 69.5 Å². The van der Waals surface area contributed by atoms with Crippen LogP contribution in [0.2, 0.25) is 12.6 Å². The molecule has 4 N–H and O–H groups in total. The molecule has 0 aromatic carbocycles. The molecule has 0 bridgehead atoms. The highest BCUT2D eigenvalue weighted by atomic mass is 28.4. The molecule has 0 saturated carbocycles. The summed E-state index contributed by atoms with van der Waals surface area (Å²) in [5.41, 5.74) is 5.66. The van der Waals surface area contributed by atoms with Crippen molar-refractivity contribution in [3.8, 4) is 0 Å². The lowest BCUT2D eigenvalue weighted by Crippen LogP contribution is -2.38. The third-order valence-electron chi connectivity index (χ3n) is 1.58. The van der Waals surface area contributed by atoms with Gasteiger partial charge in [0.15, 0.2) is 0 Å². The van der Waals surface area contributed by atoms with E-state index in [9.17, 15) is 0 Å². The van der Waals surface area contributed by atoms with Gasteiger partial charge in [-0.15, -0.1) is 0 Å². The van der Waals surface area contributed by atoms with Crippen LogP contribution >= 0.6 is 0 Å². The third kappa shape index (κ3) is 8.00. The molecule has 0 heterocycles. The molecule has 3 nitrogen and oxygen atoms in total. The Morgan fingerprint density at radius 1 is 1.45 bits per heavy atom. The highest BCUT2D eigenvalue weighted by Crippen LogP contribution is 2.08. The topological polar surface area (TPSA) is 66.5 Å². The first kappa shape index (κ1) is 11.1.